The zero-order valence-electron chi connectivity index (χ0n) is 15.1. The largest absolute Gasteiger partial charge is 0.346 e. The van der Waals surface area contributed by atoms with Gasteiger partial charge in [0.05, 0.1) is 12.5 Å². The molecule has 0 aromatic heterocycles. The maximum Gasteiger partial charge on any atom is 0.243 e. The molecule has 0 bridgehead atoms. The topological polar surface area (TPSA) is 58.2 Å². The van der Waals surface area contributed by atoms with Crippen LogP contribution in [0.15, 0.2) is 48.5 Å². The lowest BCUT2D eigenvalue weighted by molar-refractivity contribution is -0.125. The van der Waals surface area contributed by atoms with Gasteiger partial charge in [-0.25, -0.2) is 0 Å². The third-order valence-electron chi connectivity index (χ3n) is 4.26. The van der Waals surface area contributed by atoms with E-state index in [-0.39, 0.29) is 24.3 Å². The van der Waals surface area contributed by atoms with Crippen molar-refractivity contribution in [1.29, 1.82) is 0 Å². The average molecular weight is 338 g/mol. The van der Waals surface area contributed by atoms with E-state index >= 15 is 0 Å². The number of carbonyl (C=O) groups excluding carboxylic acids is 2. The van der Waals surface area contributed by atoms with E-state index in [9.17, 15) is 9.59 Å². The fraction of sp³-hybridized carbons (Fsp3) is 0.333. The molecule has 2 amide bonds. The van der Waals surface area contributed by atoms with Gasteiger partial charge in [0.2, 0.25) is 11.8 Å². The normalized spacial score (nSPS) is 11.6. The summed E-state index contributed by atoms with van der Waals surface area (Å²) in [5.41, 5.74) is 3.81. The lowest BCUT2D eigenvalue weighted by Crippen LogP contribution is -2.36. The van der Waals surface area contributed by atoms with Gasteiger partial charge in [0.15, 0.2) is 0 Å². The van der Waals surface area contributed by atoms with Crippen LogP contribution >= 0.6 is 0 Å². The van der Waals surface area contributed by atoms with Gasteiger partial charge < -0.3 is 10.6 Å². The van der Waals surface area contributed by atoms with Crippen LogP contribution in [0.4, 0.5) is 5.69 Å². The molecule has 0 aliphatic rings. The van der Waals surface area contributed by atoms with E-state index in [4.69, 9.17) is 0 Å². The van der Waals surface area contributed by atoms with Crippen LogP contribution in [0.1, 0.15) is 42.4 Å². The van der Waals surface area contributed by atoms with E-state index in [1.807, 2.05) is 62.4 Å². The molecule has 0 aliphatic carbocycles. The molecule has 2 N–H and O–H groups in total. The quantitative estimate of drug-likeness (QED) is 0.803. The first kappa shape index (κ1) is 18.7. The number of benzene rings is 2. The smallest absolute Gasteiger partial charge is 0.243 e. The van der Waals surface area contributed by atoms with Crippen LogP contribution in [0.2, 0.25) is 0 Å². The summed E-state index contributed by atoms with van der Waals surface area (Å²) in [5, 5.41) is 5.66. The Bertz CT molecular complexity index is 706. The second-order valence-corrected chi connectivity index (χ2v) is 6.28. The summed E-state index contributed by atoms with van der Waals surface area (Å²) in [6, 6.07) is 15.6. The SMILES string of the molecule is CCC[C@@H](C(=O)NCC(=O)Nc1c(C)cccc1C)c1ccccc1. The molecule has 0 saturated carbocycles. The number of hydrogen-bond acceptors (Lipinski definition) is 2. The Morgan fingerprint density at radius 1 is 0.960 bits per heavy atom. The third-order valence-corrected chi connectivity index (χ3v) is 4.26. The molecule has 132 valence electrons. The second-order valence-electron chi connectivity index (χ2n) is 6.28. The van der Waals surface area contributed by atoms with E-state index in [0.717, 1.165) is 35.2 Å². The summed E-state index contributed by atoms with van der Waals surface area (Å²) < 4.78 is 0. The van der Waals surface area contributed by atoms with Crippen molar-refractivity contribution in [3.8, 4) is 0 Å². The van der Waals surface area contributed by atoms with Crippen LogP contribution in [0.3, 0.4) is 0 Å². The van der Waals surface area contributed by atoms with Crippen molar-refractivity contribution in [2.45, 2.75) is 39.5 Å². The second kappa shape index (κ2) is 9.02. The number of aryl methyl sites for hydroxylation is 2. The molecular formula is C21H26N2O2. The van der Waals surface area contributed by atoms with Gasteiger partial charge in [-0.1, -0.05) is 61.9 Å². The summed E-state index contributed by atoms with van der Waals surface area (Å²) in [6.45, 7) is 5.93. The minimum Gasteiger partial charge on any atom is -0.346 e. The maximum absolute atomic E-state index is 12.5. The van der Waals surface area contributed by atoms with Gasteiger partial charge >= 0.3 is 0 Å². The number of para-hydroxylation sites is 1. The van der Waals surface area contributed by atoms with E-state index in [1.54, 1.807) is 0 Å². The van der Waals surface area contributed by atoms with Crippen molar-refractivity contribution in [2.75, 3.05) is 11.9 Å². The molecule has 2 rings (SSSR count). The highest BCUT2D eigenvalue weighted by Crippen LogP contribution is 2.21. The van der Waals surface area contributed by atoms with Crippen LogP contribution in [-0.4, -0.2) is 18.4 Å². The highest BCUT2D eigenvalue weighted by Gasteiger charge is 2.20. The zero-order valence-corrected chi connectivity index (χ0v) is 15.1. The maximum atomic E-state index is 12.5. The fourth-order valence-electron chi connectivity index (χ4n) is 2.91. The molecule has 25 heavy (non-hydrogen) atoms. The molecule has 0 radical (unpaired) electrons. The first-order chi connectivity index (χ1) is 12.0. The van der Waals surface area contributed by atoms with Crippen LogP contribution in [0, 0.1) is 13.8 Å². The van der Waals surface area contributed by atoms with Gasteiger partial charge in [0.25, 0.3) is 0 Å². The number of nitrogens with one attached hydrogen (secondary N) is 2. The molecule has 0 fully saturated rings. The number of carbonyl (C=O) groups is 2. The highest BCUT2D eigenvalue weighted by atomic mass is 16.2. The van der Waals surface area contributed by atoms with Gasteiger partial charge in [-0.15, -0.1) is 0 Å². The predicted octanol–water partition coefficient (Wildman–Crippen LogP) is 3.94. The van der Waals surface area contributed by atoms with Crippen molar-refractivity contribution in [3.05, 3.63) is 65.2 Å². The molecule has 0 saturated heterocycles. The standard InChI is InChI=1S/C21H26N2O2/c1-4-9-18(17-12-6-5-7-13-17)21(25)22-14-19(24)23-20-15(2)10-8-11-16(20)3/h5-8,10-13,18H,4,9,14H2,1-3H3,(H,22,25)(H,23,24)/t18-/m1/s1. The molecule has 4 nitrogen and oxygen atoms in total. The molecular weight excluding hydrogens is 312 g/mol. The van der Waals surface area contributed by atoms with Gasteiger partial charge in [-0.2, -0.15) is 0 Å². The highest BCUT2D eigenvalue weighted by molar-refractivity contribution is 5.96. The van der Waals surface area contributed by atoms with Crippen molar-refractivity contribution in [2.24, 2.45) is 0 Å². The summed E-state index contributed by atoms with van der Waals surface area (Å²) in [6.07, 6.45) is 1.66. The van der Waals surface area contributed by atoms with Crippen LogP contribution in [0.25, 0.3) is 0 Å². The molecule has 2 aromatic rings. The molecule has 0 unspecified atom stereocenters. The Morgan fingerprint density at radius 2 is 1.60 bits per heavy atom. The van der Waals surface area contributed by atoms with Gasteiger partial charge in [0.1, 0.15) is 0 Å². The zero-order chi connectivity index (χ0) is 18.2. The van der Waals surface area contributed by atoms with Crippen molar-refractivity contribution in [1.82, 2.24) is 5.32 Å². The average Bonchev–Trinajstić information content (AvgIpc) is 2.61. The summed E-state index contributed by atoms with van der Waals surface area (Å²) in [5.74, 6) is -0.544. The Hall–Kier alpha value is -2.62. The fourth-order valence-corrected chi connectivity index (χ4v) is 2.91. The van der Waals surface area contributed by atoms with Gasteiger partial charge in [-0.05, 0) is 37.0 Å². The van der Waals surface area contributed by atoms with Crippen molar-refractivity contribution in [3.63, 3.8) is 0 Å². The molecule has 0 spiro atoms. The first-order valence-electron chi connectivity index (χ1n) is 8.71. The minimum absolute atomic E-state index is 0.0281. The Morgan fingerprint density at radius 3 is 2.20 bits per heavy atom. The monoisotopic (exact) mass is 338 g/mol. The van der Waals surface area contributed by atoms with Crippen LogP contribution in [-0.2, 0) is 9.59 Å². The first-order valence-corrected chi connectivity index (χ1v) is 8.71. The van der Waals surface area contributed by atoms with Gasteiger partial charge in [0, 0.05) is 5.69 Å². The van der Waals surface area contributed by atoms with Crippen molar-refractivity contribution >= 4 is 17.5 Å². The lowest BCUT2D eigenvalue weighted by atomic mass is 9.93. The lowest BCUT2D eigenvalue weighted by Gasteiger charge is -2.17. The van der Waals surface area contributed by atoms with E-state index in [2.05, 4.69) is 17.6 Å². The van der Waals surface area contributed by atoms with Crippen LogP contribution < -0.4 is 10.6 Å². The van der Waals surface area contributed by atoms with Crippen molar-refractivity contribution < 1.29 is 9.59 Å². The number of amides is 2. The van der Waals surface area contributed by atoms with E-state index in [1.165, 1.54) is 0 Å². The van der Waals surface area contributed by atoms with E-state index in [0.29, 0.717) is 0 Å². The van der Waals surface area contributed by atoms with E-state index < -0.39 is 0 Å². The molecule has 2 aromatic carbocycles. The van der Waals surface area contributed by atoms with Gasteiger partial charge in [-0.3, -0.25) is 9.59 Å². The summed E-state index contributed by atoms with van der Waals surface area (Å²) >= 11 is 0. The molecule has 0 aliphatic heterocycles. The number of anilines is 1. The molecule has 4 heteroatoms. The predicted molar refractivity (Wildman–Crippen MR) is 102 cm³/mol. The minimum atomic E-state index is -0.223. The summed E-state index contributed by atoms with van der Waals surface area (Å²) in [7, 11) is 0. The molecule has 1 atom stereocenters. The summed E-state index contributed by atoms with van der Waals surface area (Å²) in [4.78, 5) is 24.7. The Balaban J connectivity index is 1.97. The Kier molecular flexibility index (Phi) is 6.75. The number of rotatable bonds is 7. The Labute approximate surface area is 149 Å². The van der Waals surface area contributed by atoms with Crippen LogP contribution in [0.5, 0.6) is 0 Å². The third kappa shape index (κ3) is 5.18. The molecule has 0 heterocycles. The number of hydrogen-bond donors (Lipinski definition) is 2.